The first-order chi connectivity index (χ1) is 7.65. The summed E-state index contributed by atoms with van der Waals surface area (Å²) >= 11 is 2.72. The van der Waals surface area contributed by atoms with E-state index in [4.69, 9.17) is 9.84 Å². The van der Waals surface area contributed by atoms with Crippen molar-refractivity contribution in [3.63, 3.8) is 0 Å². The van der Waals surface area contributed by atoms with Gasteiger partial charge in [0.2, 0.25) is 0 Å². The highest BCUT2D eigenvalue weighted by Gasteiger charge is 2.08. The quantitative estimate of drug-likeness (QED) is 0.912. The van der Waals surface area contributed by atoms with E-state index in [9.17, 15) is 4.79 Å². The Balaban J connectivity index is 1.97. The van der Waals surface area contributed by atoms with Crippen LogP contribution in [0.25, 0.3) is 0 Å². The second-order valence-corrected chi connectivity index (χ2v) is 5.07. The van der Waals surface area contributed by atoms with Crippen molar-refractivity contribution in [3.8, 4) is 5.75 Å². The summed E-state index contributed by atoms with van der Waals surface area (Å²) in [6.45, 7) is 2.31. The maximum atomic E-state index is 10.6. The predicted octanol–water partition coefficient (Wildman–Crippen LogP) is 2.79. The van der Waals surface area contributed by atoms with Gasteiger partial charge in [-0.1, -0.05) is 0 Å². The number of nitrogens with zero attached hydrogens (tertiary/aromatic N) is 1. The number of thiophene rings is 1. The molecule has 0 aliphatic rings. The number of carbonyl (C=O) groups is 1. The molecule has 0 spiro atoms. The zero-order chi connectivity index (χ0) is 11.5. The Labute approximate surface area is 100 Å². The maximum absolute atomic E-state index is 10.6. The Morgan fingerprint density at radius 1 is 1.50 bits per heavy atom. The number of hydrogen-bond donors (Lipinski definition) is 1. The van der Waals surface area contributed by atoms with Crippen LogP contribution < -0.4 is 4.74 Å². The Kier molecular flexibility index (Phi) is 3.21. The van der Waals surface area contributed by atoms with Gasteiger partial charge in [0.1, 0.15) is 17.2 Å². The molecule has 0 radical (unpaired) electrons. The molecule has 0 amide bonds. The molecule has 0 atom stereocenters. The Morgan fingerprint density at radius 3 is 2.88 bits per heavy atom. The number of aromatic carboxylic acids is 1. The molecule has 2 rings (SSSR count). The zero-order valence-electron chi connectivity index (χ0n) is 8.47. The maximum Gasteiger partial charge on any atom is 0.346 e. The van der Waals surface area contributed by atoms with Crippen molar-refractivity contribution in [3.05, 3.63) is 32.4 Å². The van der Waals surface area contributed by atoms with Crippen LogP contribution in [0.15, 0.2) is 16.8 Å². The molecule has 2 aromatic heterocycles. The van der Waals surface area contributed by atoms with Crippen molar-refractivity contribution in [2.45, 2.75) is 13.5 Å². The summed E-state index contributed by atoms with van der Waals surface area (Å²) in [5.74, 6) is -0.350. The summed E-state index contributed by atoms with van der Waals surface area (Å²) in [5, 5.41) is 13.3. The van der Waals surface area contributed by atoms with Crippen molar-refractivity contribution in [2.24, 2.45) is 0 Å². The summed E-state index contributed by atoms with van der Waals surface area (Å²) in [4.78, 5) is 15.2. The predicted molar refractivity (Wildman–Crippen MR) is 62.5 cm³/mol. The lowest BCUT2D eigenvalue weighted by molar-refractivity contribution is 0.0702. The molecule has 0 aliphatic carbocycles. The molecule has 0 aromatic carbocycles. The highest BCUT2D eigenvalue weighted by Crippen LogP contribution is 2.22. The molecule has 0 fully saturated rings. The van der Waals surface area contributed by atoms with Crippen LogP contribution in [0.4, 0.5) is 0 Å². The lowest BCUT2D eigenvalue weighted by atomic mass is 10.4. The molecule has 2 heterocycles. The molecule has 6 heteroatoms. The molecule has 2 aromatic rings. The lowest BCUT2D eigenvalue weighted by Crippen LogP contribution is -1.95. The second kappa shape index (κ2) is 4.63. The van der Waals surface area contributed by atoms with Gasteiger partial charge in [0.15, 0.2) is 0 Å². The largest absolute Gasteiger partial charge is 0.486 e. The summed E-state index contributed by atoms with van der Waals surface area (Å²) < 4.78 is 5.43. The van der Waals surface area contributed by atoms with Crippen LogP contribution in [-0.4, -0.2) is 16.1 Å². The van der Waals surface area contributed by atoms with Crippen molar-refractivity contribution < 1.29 is 14.6 Å². The monoisotopic (exact) mass is 255 g/mol. The first-order valence-electron chi connectivity index (χ1n) is 4.51. The normalized spacial score (nSPS) is 10.3. The number of aromatic nitrogens is 1. The van der Waals surface area contributed by atoms with Gasteiger partial charge in [0.05, 0.1) is 10.7 Å². The SMILES string of the molecule is Cc1nc(COc2csc(C(=O)O)c2)cs1. The number of carboxylic acids is 1. The van der Waals surface area contributed by atoms with Gasteiger partial charge in [0.25, 0.3) is 0 Å². The topological polar surface area (TPSA) is 59.4 Å². The third kappa shape index (κ3) is 2.59. The van der Waals surface area contributed by atoms with Crippen molar-refractivity contribution in [2.75, 3.05) is 0 Å². The summed E-state index contributed by atoms with van der Waals surface area (Å²) in [6, 6.07) is 1.52. The highest BCUT2D eigenvalue weighted by atomic mass is 32.1. The number of aryl methyl sites for hydroxylation is 1. The number of ether oxygens (including phenoxy) is 1. The van der Waals surface area contributed by atoms with Crippen molar-refractivity contribution in [1.82, 2.24) is 4.98 Å². The van der Waals surface area contributed by atoms with Crippen LogP contribution in [0.5, 0.6) is 5.75 Å². The summed E-state index contributed by atoms with van der Waals surface area (Å²) in [7, 11) is 0. The average molecular weight is 255 g/mol. The van der Waals surface area contributed by atoms with Gasteiger partial charge in [0, 0.05) is 16.8 Å². The van der Waals surface area contributed by atoms with E-state index >= 15 is 0 Å². The van der Waals surface area contributed by atoms with Crippen LogP contribution in [0, 0.1) is 6.92 Å². The van der Waals surface area contributed by atoms with Crippen molar-refractivity contribution >= 4 is 28.6 Å². The molecular weight excluding hydrogens is 246 g/mol. The Morgan fingerprint density at radius 2 is 2.31 bits per heavy atom. The van der Waals surface area contributed by atoms with Gasteiger partial charge < -0.3 is 9.84 Å². The van der Waals surface area contributed by atoms with Gasteiger partial charge in [-0.05, 0) is 6.92 Å². The first kappa shape index (κ1) is 11.1. The molecule has 84 valence electrons. The third-order valence-electron chi connectivity index (χ3n) is 1.84. The minimum Gasteiger partial charge on any atom is -0.486 e. The van der Waals surface area contributed by atoms with E-state index in [0.29, 0.717) is 12.4 Å². The molecule has 0 unspecified atom stereocenters. The smallest absolute Gasteiger partial charge is 0.346 e. The van der Waals surface area contributed by atoms with Gasteiger partial charge in [-0.2, -0.15) is 0 Å². The van der Waals surface area contributed by atoms with E-state index in [1.165, 1.54) is 6.07 Å². The molecule has 0 saturated carbocycles. The second-order valence-electron chi connectivity index (χ2n) is 3.10. The van der Waals surface area contributed by atoms with Crippen molar-refractivity contribution in [1.29, 1.82) is 0 Å². The molecule has 16 heavy (non-hydrogen) atoms. The molecular formula is C10H9NO3S2. The number of hydrogen-bond acceptors (Lipinski definition) is 5. The van der Waals surface area contributed by atoms with Crippen LogP contribution in [-0.2, 0) is 6.61 Å². The lowest BCUT2D eigenvalue weighted by Gasteiger charge is -1.99. The van der Waals surface area contributed by atoms with E-state index in [1.54, 1.807) is 16.7 Å². The van der Waals surface area contributed by atoms with Crippen LogP contribution >= 0.6 is 22.7 Å². The van der Waals surface area contributed by atoms with E-state index in [0.717, 1.165) is 22.0 Å². The number of carboxylic acid groups (broad SMARTS) is 1. The standard InChI is InChI=1S/C10H9NO3S2/c1-6-11-7(4-15-6)3-14-8-2-9(10(12)13)16-5-8/h2,4-5H,3H2,1H3,(H,12,13). The molecule has 0 bridgehead atoms. The Hall–Kier alpha value is -1.40. The molecule has 4 nitrogen and oxygen atoms in total. The van der Waals surface area contributed by atoms with E-state index < -0.39 is 5.97 Å². The first-order valence-corrected chi connectivity index (χ1v) is 6.26. The minimum absolute atomic E-state index is 0.282. The number of rotatable bonds is 4. The van der Waals surface area contributed by atoms with Gasteiger partial charge in [-0.15, -0.1) is 22.7 Å². The molecule has 1 N–H and O–H groups in total. The fourth-order valence-corrected chi connectivity index (χ4v) is 2.40. The summed E-state index contributed by atoms with van der Waals surface area (Å²) in [5.41, 5.74) is 0.866. The molecule has 0 aliphatic heterocycles. The Bertz CT molecular complexity index is 504. The van der Waals surface area contributed by atoms with E-state index in [1.807, 2.05) is 12.3 Å². The minimum atomic E-state index is -0.927. The average Bonchev–Trinajstić information content (AvgIpc) is 2.83. The summed E-state index contributed by atoms with van der Waals surface area (Å²) in [6.07, 6.45) is 0. The fourth-order valence-electron chi connectivity index (χ4n) is 1.14. The van der Waals surface area contributed by atoms with Crippen LogP contribution in [0.1, 0.15) is 20.4 Å². The van der Waals surface area contributed by atoms with Crippen LogP contribution in [0.3, 0.4) is 0 Å². The van der Waals surface area contributed by atoms with E-state index in [2.05, 4.69) is 4.98 Å². The fraction of sp³-hybridized carbons (Fsp3) is 0.200. The van der Waals surface area contributed by atoms with E-state index in [-0.39, 0.29) is 4.88 Å². The third-order valence-corrected chi connectivity index (χ3v) is 3.56. The van der Waals surface area contributed by atoms with Gasteiger partial charge in [-0.25, -0.2) is 9.78 Å². The molecule has 0 saturated heterocycles. The zero-order valence-corrected chi connectivity index (χ0v) is 10.1. The number of thiazole rings is 1. The van der Waals surface area contributed by atoms with Gasteiger partial charge >= 0.3 is 5.97 Å². The van der Waals surface area contributed by atoms with Crippen LogP contribution in [0.2, 0.25) is 0 Å². The van der Waals surface area contributed by atoms with Gasteiger partial charge in [-0.3, -0.25) is 0 Å². The highest BCUT2D eigenvalue weighted by molar-refractivity contribution is 7.12.